The number of guanidine groups is 1. The number of nitrogens with zero attached hydrogens (tertiary/aromatic N) is 4. The number of fused-ring (bicyclic) bond motifs is 2. The largest absolute Gasteiger partial charge is 0.497 e. The summed E-state index contributed by atoms with van der Waals surface area (Å²) in [5.41, 5.74) is 12.1. The number of nitrogens with two attached hydrogens (primary N) is 1. The Bertz CT molecular complexity index is 1000. The van der Waals surface area contributed by atoms with Crippen molar-refractivity contribution in [3.8, 4) is 5.75 Å². The number of rotatable bonds is 3. The average molecular weight is 405 g/mol. The third-order valence-corrected chi connectivity index (χ3v) is 6.33. The minimum absolute atomic E-state index is 0.0921. The Morgan fingerprint density at radius 2 is 1.93 bits per heavy atom. The van der Waals surface area contributed by atoms with E-state index in [0.717, 1.165) is 61.8 Å². The molecule has 3 N–H and O–H groups in total. The van der Waals surface area contributed by atoms with Gasteiger partial charge in [0.05, 0.1) is 12.8 Å². The maximum atomic E-state index is 6.19. The van der Waals surface area contributed by atoms with Crippen LogP contribution in [0.3, 0.4) is 0 Å². The summed E-state index contributed by atoms with van der Waals surface area (Å²) in [6, 6.07) is 10.4. The van der Waals surface area contributed by atoms with Gasteiger partial charge in [-0.25, -0.2) is 9.98 Å². The maximum Gasteiger partial charge on any atom is 0.194 e. The first-order valence-corrected chi connectivity index (χ1v) is 10.5. The molecule has 1 atom stereocenters. The Labute approximate surface area is 177 Å². The van der Waals surface area contributed by atoms with Crippen molar-refractivity contribution in [3.63, 3.8) is 0 Å². The van der Waals surface area contributed by atoms with Gasteiger partial charge in [0.15, 0.2) is 5.96 Å². The van der Waals surface area contributed by atoms with Crippen molar-refractivity contribution >= 4 is 17.5 Å². The molecule has 0 saturated carbocycles. The van der Waals surface area contributed by atoms with Crippen molar-refractivity contribution < 1.29 is 4.74 Å². The van der Waals surface area contributed by atoms with Crippen LogP contribution in [0.4, 0.5) is 5.82 Å². The molecule has 0 amide bonds. The van der Waals surface area contributed by atoms with Crippen molar-refractivity contribution in [2.75, 3.05) is 45.2 Å². The topological polar surface area (TPSA) is 79.0 Å². The van der Waals surface area contributed by atoms with Crippen LogP contribution in [0.1, 0.15) is 29.2 Å². The fraction of sp³-hybridized carbons (Fsp3) is 0.391. The Hall–Kier alpha value is -3.06. The number of aromatic nitrogens is 1. The number of nitrogens with one attached hydrogen (secondary N) is 1. The number of piperazine rings is 1. The second kappa shape index (κ2) is 7.65. The Morgan fingerprint density at radius 3 is 2.67 bits per heavy atom. The zero-order valence-electron chi connectivity index (χ0n) is 17.6. The van der Waals surface area contributed by atoms with Gasteiger partial charge in [0, 0.05) is 37.9 Å². The van der Waals surface area contributed by atoms with Gasteiger partial charge in [-0.2, -0.15) is 0 Å². The summed E-state index contributed by atoms with van der Waals surface area (Å²) < 4.78 is 5.40. The predicted octanol–water partition coefficient (Wildman–Crippen LogP) is 2.16. The molecule has 1 aromatic carbocycles. The zero-order chi connectivity index (χ0) is 20.7. The summed E-state index contributed by atoms with van der Waals surface area (Å²) in [5, 5.41) is 3.31. The highest BCUT2D eigenvalue weighted by molar-refractivity contribution is 5.92. The quantitative estimate of drug-likeness (QED) is 0.816. The van der Waals surface area contributed by atoms with Crippen molar-refractivity contribution in [2.24, 2.45) is 10.7 Å². The van der Waals surface area contributed by atoms with E-state index in [1.807, 2.05) is 12.3 Å². The highest BCUT2D eigenvalue weighted by atomic mass is 16.5. The predicted molar refractivity (Wildman–Crippen MR) is 120 cm³/mol. The van der Waals surface area contributed by atoms with Crippen LogP contribution >= 0.6 is 0 Å². The van der Waals surface area contributed by atoms with Gasteiger partial charge in [0.1, 0.15) is 17.6 Å². The van der Waals surface area contributed by atoms with Gasteiger partial charge >= 0.3 is 0 Å². The number of benzene rings is 1. The number of hydrogen-bond donors (Lipinski definition) is 2. The minimum Gasteiger partial charge on any atom is -0.497 e. The number of aryl methyl sites for hydroxylation is 1. The van der Waals surface area contributed by atoms with Gasteiger partial charge < -0.3 is 25.6 Å². The minimum atomic E-state index is -0.0921. The molecular formula is C23H28N6O. The number of hydrogen-bond acceptors (Lipinski definition) is 7. The van der Waals surface area contributed by atoms with Crippen molar-refractivity contribution in [1.82, 2.24) is 15.2 Å². The molecule has 1 fully saturated rings. The molecule has 1 saturated heterocycles. The van der Waals surface area contributed by atoms with E-state index in [1.54, 1.807) is 7.11 Å². The van der Waals surface area contributed by atoms with E-state index < -0.39 is 0 Å². The molecule has 1 aromatic heterocycles. The SMILES string of the molecule is COc1ccc2c(c1)CCC1=C2NC(N)=NC1c1ccc(N2CCN(C)CC2)nc1. The molecule has 156 valence electrons. The molecule has 30 heavy (non-hydrogen) atoms. The van der Waals surface area contributed by atoms with Crippen molar-refractivity contribution in [2.45, 2.75) is 18.9 Å². The molecule has 1 aliphatic carbocycles. The van der Waals surface area contributed by atoms with E-state index in [4.69, 9.17) is 20.4 Å². The standard InChI is InChI=1S/C23H28N6O/c1-28-9-11-29(12-10-28)20-8-4-16(14-25-20)21-19-6-3-15-13-17(30-2)5-7-18(15)22(19)27-23(24)26-21/h4-5,7-8,13-14,21H,3,6,9-12H2,1-2H3,(H3,24,26,27). The fourth-order valence-electron chi connectivity index (χ4n) is 4.57. The van der Waals surface area contributed by atoms with Crippen LogP contribution in [0.25, 0.3) is 5.70 Å². The Morgan fingerprint density at radius 1 is 1.10 bits per heavy atom. The Balaban J connectivity index is 1.45. The van der Waals surface area contributed by atoms with E-state index in [2.05, 4.69) is 46.4 Å². The van der Waals surface area contributed by atoms with Gasteiger partial charge in [0.25, 0.3) is 0 Å². The van der Waals surface area contributed by atoms with Crippen LogP contribution in [-0.4, -0.2) is 56.2 Å². The fourth-order valence-corrected chi connectivity index (χ4v) is 4.57. The second-order valence-corrected chi connectivity index (χ2v) is 8.21. The summed E-state index contributed by atoms with van der Waals surface area (Å²) in [6.07, 6.45) is 3.87. The lowest BCUT2D eigenvalue weighted by Gasteiger charge is -2.34. The van der Waals surface area contributed by atoms with Crippen LogP contribution in [0.15, 0.2) is 47.1 Å². The Kier molecular flexibility index (Phi) is 4.83. The van der Waals surface area contributed by atoms with E-state index in [-0.39, 0.29) is 6.04 Å². The first-order chi connectivity index (χ1) is 14.6. The van der Waals surface area contributed by atoms with Gasteiger partial charge in [-0.15, -0.1) is 0 Å². The molecule has 2 aromatic rings. The lowest BCUT2D eigenvalue weighted by Crippen LogP contribution is -2.44. The number of likely N-dealkylation sites (N-methyl/N-ethyl adjacent to an activating group) is 1. The molecule has 7 heteroatoms. The number of methoxy groups -OCH3 is 1. The van der Waals surface area contributed by atoms with Crippen LogP contribution in [0.2, 0.25) is 0 Å². The zero-order valence-corrected chi connectivity index (χ0v) is 17.6. The van der Waals surface area contributed by atoms with Crippen LogP contribution in [0.5, 0.6) is 5.75 Å². The highest BCUT2D eigenvalue weighted by Crippen LogP contribution is 2.41. The summed E-state index contributed by atoms with van der Waals surface area (Å²) >= 11 is 0. The van der Waals surface area contributed by atoms with E-state index in [0.29, 0.717) is 5.96 Å². The van der Waals surface area contributed by atoms with Gasteiger partial charge in [-0.05, 0) is 60.9 Å². The van der Waals surface area contributed by atoms with Gasteiger partial charge in [-0.3, -0.25) is 0 Å². The molecular weight excluding hydrogens is 376 g/mol. The molecule has 1 unspecified atom stereocenters. The summed E-state index contributed by atoms with van der Waals surface area (Å²) in [7, 11) is 3.87. The van der Waals surface area contributed by atoms with Crippen LogP contribution in [-0.2, 0) is 6.42 Å². The molecule has 5 rings (SSSR count). The van der Waals surface area contributed by atoms with E-state index in [9.17, 15) is 0 Å². The smallest absolute Gasteiger partial charge is 0.194 e. The number of ether oxygens (including phenoxy) is 1. The molecule has 3 aliphatic rings. The first kappa shape index (κ1) is 18.9. The normalized spacial score (nSPS) is 21.5. The monoisotopic (exact) mass is 404 g/mol. The number of aliphatic imine (C=N–C) groups is 1. The third kappa shape index (κ3) is 3.39. The molecule has 0 bridgehead atoms. The third-order valence-electron chi connectivity index (χ3n) is 6.33. The summed E-state index contributed by atoms with van der Waals surface area (Å²) in [5.74, 6) is 2.37. The highest BCUT2D eigenvalue weighted by Gasteiger charge is 2.30. The molecule has 0 radical (unpaired) electrons. The van der Waals surface area contributed by atoms with Gasteiger partial charge in [0.2, 0.25) is 0 Å². The summed E-state index contributed by atoms with van der Waals surface area (Å²) in [4.78, 5) is 14.2. The lowest BCUT2D eigenvalue weighted by molar-refractivity contribution is 0.312. The molecule has 7 nitrogen and oxygen atoms in total. The lowest BCUT2D eigenvalue weighted by atomic mass is 9.83. The van der Waals surface area contributed by atoms with Crippen molar-refractivity contribution in [3.05, 3.63) is 58.8 Å². The maximum absolute atomic E-state index is 6.19. The first-order valence-electron chi connectivity index (χ1n) is 10.5. The average Bonchev–Trinajstić information content (AvgIpc) is 2.78. The molecule has 0 spiro atoms. The molecule has 2 aliphatic heterocycles. The van der Waals surface area contributed by atoms with Crippen LogP contribution < -0.4 is 20.7 Å². The second-order valence-electron chi connectivity index (χ2n) is 8.21. The summed E-state index contributed by atoms with van der Waals surface area (Å²) in [6.45, 7) is 4.16. The van der Waals surface area contributed by atoms with E-state index in [1.165, 1.54) is 16.7 Å². The number of pyridine rings is 1. The van der Waals surface area contributed by atoms with E-state index >= 15 is 0 Å². The van der Waals surface area contributed by atoms with Crippen LogP contribution in [0, 0.1) is 0 Å². The number of anilines is 1. The molecule has 3 heterocycles. The van der Waals surface area contributed by atoms with Gasteiger partial charge in [-0.1, -0.05) is 6.07 Å². The van der Waals surface area contributed by atoms with Crippen molar-refractivity contribution in [1.29, 1.82) is 0 Å².